The normalized spacial score (nSPS) is 18.0. The predicted molar refractivity (Wildman–Crippen MR) is 79.3 cm³/mol. The highest BCUT2D eigenvalue weighted by molar-refractivity contribution is 7.89. The molecule has 2 rings (SSSR count). The van der Waals surface area contributed by atoms with Gasteiger partial charge in [-0.3, -0.25) is 0 Å². The molecule has 1 aromatic carbocycles. The smallest absolute Gasteiger partial charge is 0.369 e. The SMILES string of the molecule is CC(C)S(=O)(=O)N1CCN(c2cccc(C(F)(F)F)c2)CC1. The monoisotopic (exact) mass is 336 g/mol. The second kappa shape index (κ2) is 6.08. The minimum absolute atomic E-state index is 0.288. The van der Waals surface area contributed by atoms with Gasteiger partial charge in [-0.25, -0.2) is 8.42 Å². The molecule has 0 radical (unpaired) electrons. The molecule has 1 fully saturated rings. The van der Waals surface area contributed by atoms with Gasteiger partial charge in [-0.05, 0) is 32.0 Å². The number of anilines is 1. The fourth-order valence-electron chi connectivity index (χ4n) is 2.38. The molecule has 0 unspecified atom stereocenters. The summed E-state index contributed by atoms with van der Waals surface area (Å²) < 4.78 is 63.8. The highest BCUT2D eigenvalue weighted by Gasteiger charge is 2.32. The molecule has 1 aliphatic rings. The number of hydrogen-bond acceptors (Lipinski definition) is 3. The van der Waals surface area contributed by atoms with Gasteiger partial charge in [-0.1, -0.05) is 6.07 Å². The number of nitrogens with zero attached hydrogens (tertiary/aromatic N) is 2. The van der Waals surface area contributed by atoms with E-state index in [4.69, 9.17) is 0 Å². The lowest BCUT2D eigenvalue weighted by Crippen LogP contribution is -2.50. The number of sulfonamides is 1. The Hall–Kier alpha value is -1.28. The van der Waals surface area contributed by atoms with E-state index >= 15 is 0 Å². The minimum atomic E-state index is -4.38. The van der Waals surface area contributed by atoms with Crippen molar-refractivity contribution < 1.29 is 21.6 Å². The van der Waals surface area contributed by atoms with Crippen molar-refractivity contribution in [1.82, 2.24) is 4.31 Å². The molecule has 1 saturated heterocycles. The lowest BCUT2D eigenvalue weighted by molar-refractivity contribution is -0.137. The average molecular weight is 336 g/mol. The molecule has 0 spiro atoms. The molecule has 0 aliphatic carbocycles. The second-order valence-electron chi connectivity index (χ2n) is 5.53. The molecular formula is C14H19F3N2O2S. The van der Waals surface area contributed by atoms with Crippen molar-refractivity contribution in [1.29, 1.82) is 0 Å². The van der Waals surface area contributed by atoms with Crippen LogP contribution in [0.15, 0.2) is 24.3 Å². The maximum absolute atomic E-state index is 12.7. The van der Waals surface area contributed by atoms with Gasteiger partial charge in [0.05, 0.1) is 10.8 Å². The highest BCUT2D eigenvalue weighted by Crippen LogP contribution is 2.32. The van der Waals surface area contributed by atoms with Crippen LogP contribution in [0, 0.1) is 0 Å². The molecule has 0 N–H and O–H groups in total. The first kappa shape index (κ1) is 17.1. The second-order valence-corrected chi connectivity index (χ2v) is 8.02. The van der Waals surface area contributed by atoms with Gasteiger partial charge >= 0.3 is 6.18 Å². The first-order valence-electron chi connectivity index (χ1n) is 7.03. The molecule has 8 heteroatoms. The lowest BCUT2D eigenvalue weighted by Gasteiger charge is -2.36. The van der Waals surface area contributed by atoms with E-state index in [0.29, 0.717) is 18.8 Å². The number of rotatable bonds is 3. The first-order valence-corrected chi connectivity index (χ1v) is 8.54. The molecule has 0 atom stereocenters. The summed E-state index contributed by atoms with van der Waals surface area (Å²) in [4.78, 5) is 1.78. The van der Waals surface area contributed by atoms with Crippen LogP contribution in [0.3, 0.4) is 0 Å². The van der Waals surface area contributed by atoms with Crippen LogP contribution < -0.4 is 4.90 Å². The molecule has 0 bridgehead atoms. The quantitative estimate of drug-likeness (QED) is 0.852. The van der Waals surface area contributed by atoms with Crippen LogP contribution in [0.2, 0.25) is 0 Å². The van der Waals surface area contributed by atoms with Crippen LogP contribution in [-0.4, -0.2) is 44.2 Å². The van der Waals surface area contributed by atoms with E-state index in [-0.39, 0.29) is 13.1 Å². The van der Waals surface area contributed by atoms with Gasteiger partial charge in [-0.2, -0.15) is 17.5 Å². The van der Waals surface area contributed by atoms with Crippen LogP contribution >= 0.6 is 0 Å². The summed E-state index contributed by atoms with van der Waals surface area (Å²) in [5.41, 5.74) is -0.223. The first-order chi connectivity index (χ1) is 10.1. The molecule has 0 saturated carbocycles. The molecule has 0 amide bonds. The Morgan fingerprint density at radius 1 is 1.09 bits per heavy atom. The van der Waals surface area contributed by atoms with E-state index in [1.807, 2.05) is 0 Å². The third kappa shape index (κ3) is 3.55. The van der Waals surface area contributed by atoms with E-state index < -0.39 is 27.0 Å². The maximum atomic E-state index is 12.7. The average Bonchev–Trinajstić information content (AvgIpc) is 2.46. The summed E-state index contributed by atoms with van der Waals surface area (Å²) in [7, 11) is -3.31. The van der Waals surface area contributed by atoms with Crippen molar-refractivity contribution >= 4 is 15.7 Å². The van der Waals surface area contributed by atoms with Gasteiger partial charge in [-0.15, -0.1) is 0 Å². The Balaban J connectivity index is 2.10. The van der Waals surface area contributed by atoms with Gasteiger partial charge < -0.3 is 4.90 Å². The third-order valence-electron chi connectivity index (χ3n) is 3.73. The van der Waals surface area contributed by atoms with E-state index in [2.05, 4.69) is 0 Å². The van der Waals surface area contributed by atoms with Crippen molar-refractivity contribution in [3.8, 4) is 0 Å². The Kier molecular flexibility index (Phi) is 4.72. The number of halogens is 3. The van der Waals surface area contributed by atoms with E-state index in [1.54, 1.807) is 24.8 Å². The van der Waals surface area contributed by atoms with Crippen molar-refractivity contribution in [3.05, 3.63) is 29.8 Å². The van der Waals surface area contributed by atoms with Crippen LogP contribution in [0.1, 0.15) is 19.4 Å². The van der Waals surface area contributed by atoms with Gasteiger partial charge in [0.2, 0.25) is 10.0 Å². The van der Waals surface area contributed by atoms with Crippen molar-refractivity contribution in [2.24, 2.45) is 0 Å². The molecule has 0 aromatic heterocycles. The molecule has 1 aromatic rings. The number of alkyl halides is 3. The lowest BCUT2D eigenvalue weighted by atomic mass is 10.1. The molecule has 22 heavy (non-hydrogen) atoms. The molecular weight excluding hydrogens is 317 g/mol. The molecule has 124 valence electrons. The summed E-state index contributed by atoms with van der Waals surface area (Å²) in [6, 6.07) is 5.12. The summed E-state index contributed by atoms with van der Waals surface area (Å²) >= 11 is 0. The van der Waals surface area contributed by atoms with E-state index in [0.717, 1.165) is 12.1 Å². The van der Waals surface area contributed by atoms with Crippen molar-refractivity contribution in [2.75, 3.05) is 31.1 Å². The zero-order chi connectivity index (χ0) is 16.5. The predicted octanol–water partition coefficient (Wildman–Crippen LogP) is 2.57. The third-order valence-corrected chi connectivity index (χ3v) is 6.01. The van der Waals surface area contributed by atoms with Crippen molar-refractivity contribution in [3.63, 3.8) is 0 Å². The largest absolute Gasteiger partial charge is 0.416 e. The molecule has 1 heterocycles. The summed E-state index contributed by atoms with van der Waals surface area (Å²) in [6.45, 7) is 4.58. The van der Waals surface area contributed by atoms with Gasteiger partial charge in [0.1, 0.15) is 0 Å². The summed E-state index contributed by atoms with van der Waals surface area (Å²) in [5, 5.41) is -0.493. The number of benzene rings is 1. The Labute approximate surface area is 128 Å². The Bertz CT molecular complexity index is 621. The minimum Gasteiger partial charge on any atom is -0.369 e. The fourth-order valence-corrected chi connectivity index (χ4v) is 3.65. The van der Waals surface area contributed by atoms with Crippen LogP contribution in [-0.2, 0) is 16.2 Å². The van der Waals surface area contributed by atoms with Gasteiger partial charge in [0.15, 0.2) is 0 Å². The fraction of sp³-hybridized carbons (Fsp3) is 0.571. The Morgan fingerprint density at radius 3 is 2.18 bits per heavy atom. The van der Waals surface area contributed by atoms with Crippen LogP contribution in [0.5, 0.6) is 0 Å². The van der Waals surface area contributed by atoms with E-state index in [9.17, 15) is 21.6 Å². The van der Waals surface area contributed by atoms with Crippen LogP contribution in [0.4, 0.5) is 18.9 Å². The van der Waals surface area contributed by atoms with Crippen molar-refractivity contribution in [2.45, 2.75) is 25.3 Å². The standard InChI is InChI=1S/C14H19F3N2O2S/c1-11(2)22(20,21)19-8-6-18(7-9-19)13-5-3-4-12(10-13)14(15,16)17/h3-5,10-11H,6-9H2,1-2H3. The van der Waals surface area contributed by atoms with E-state index in [1.165, 1.54) is 10.4 Å². The molecule has 4 nitrogen and oxygen atoms in total. The highest BCUT2D eigenvalue weighted by atomic mass is 32.2. The van der Waals surface area contributed by atoms with Crippen LogP contribution in [0.25, 0.3) is 0 Å². The zero-order valence-electron chi connectivity index (χ0n) is 12.5. The Morgan fingerprint density at radius 2 is 1.68 bits per heavy atom. The number of hydrogen-bond donors (Lipinski definition) is 0. The van der Waals surface area contributed by atoms with Gasteiger partial charge in [0.25, 0.3) is 0 Å². The summed E-state index contributed by atoms with van der Waals surface area (Å²) in [6.07, 6.45) is -4.38. The zero-order valence-corrected chi connectivity index (χ0v) is 13.3. The molecule has 1 aliphatic heterocycles. The summed E-state index contributed by atoms with van der Waals surface area (Å²) in [5.74, 6) is 0. The topological polar surface area (TPSA) is 40.6 Å². The maximum Gasteiger partial charge on any atom is 0.416 e. The number of piperazine rings is 1. The van der Waals surface area contributed by atoms with Gasteiger partial charge in [0, 0.05) is 31.9 Å².